The molecule has 19 heavy (non-hydrogen) atoms. The van der Waals surface area contributed by atoms with E-state index in [0.717, 1.165) is 23.9 Å². The number of hydrogen-bond donors (Lipinski definition) is 0. The van der Waals surface area contributed by atoms with E-state index in [9.17, 15) is 4.39 Å². The Hall–Kier alpha value is -1.15. The van der Waals surface area contributed by atoms with Crippen molar-refractivity contribution in [3.8, 4) is 0 Å². The minimum absolute atomic E-state index is 0.163. The second kappa shape index (κ2) is 5.87. The van der Waals surface area contributed by atoms with E-state index in [2.05, 4.69) is 17.1 Å². The van der Waals surface area contributed by atoms with Crippen LogP contribution in [0.5, 0.6) is 0 Å². The topological polar surface area (TPSA) is 3.24 Å². The Balaban J connectivity index is 1.51. The Morgan fingerprint density at radius 2 is 1.95 bits per heavy atom. The standard InChI is InChI=1S/C17H22FN/c18-16-10-8-14(9-11-16)3-1-4-17-5-2-12-19(17)13-15-6-7-15/h1,3,8-11,15,17H,2,4-7,12-13H2. The van der Waals surface area contributed by atoms with Gasteiger partial charge in [0.15, 0.2) is 0 Å². The zero-order valence-electron chi connectivity index (χ0n) is 11.4. The smallest absolute Gasteiger partial charge is 0.123 e. The van der Waals surface area contributed by atoms with Crippen LogP contribution in [0.1, 0.15) is 37.7 Å². The summed E-state index contributed by atoms with van der Waals surface area (Å²) in [5.41, 5.74) is 1.09. The van der Waals surface area contributed by atoms with E-state index in [-0.39, 0.29) is 5.82 Å². The van der Waals surface area contributed by atoms with E-state index < -0.39 is 0 Å². The molecular formula is C17H22FN. The molecular weight excluding hydrogens is 237 g/mol. The van der Waals surface area contributed by atoms with Gasteiger partial charge in [0.1, 0.15) is 5.82 Å². The Kier molecular flexibility index (Phi) is 3.97. The van der Waals surface area contributed by atoms with E-state index in [1.165, 1.54) is 50.9 Å². The van der Waals surface area contributed by atoms with E-state index in [1.807, 2.05) is 12.1 Å². The first kappa shape index (κ1) is 12.9. The molecule has 0 amide bonds. The van der Waals surface area contributed by atoms with Crippen molar-refractivity contribution in [1.29, 1.82) is 0 Å². The summed E-state index contributed by atoms with van der Waals surface area (Å²) >= 11 is 0. The summed E-state index contributed by atoms with van der Waals surface area (Å²) in [6.07, 6.45) is 11.1. The maximum Gasteiger partial charge on any atom is 0.123 e. The average Bonchev–Trinajstić information content (AvgIpc) is 3.12. The fourth-order valence-corrected chi connectivity index (χ4v) is 2.97. The van der Waals surface area contributed by atoms with Gasteiger partial charge in [0, 0.05) is 12.6 Å². The lowest BCUT2D eigenvalue weighted by Crippen LogP contribution is -2.30. The molecule has 2 aliphatic rings. The third-order valence-electron chi connectivity index (χ3n) is 4.28. The summed E-state index contributed by atoms with van der Waals surface area (Å²) in [5, 5.41) is 0. The van der Waals surface area contributed by atoms with Crippen molar-refractivity contribution in [1.82, 2.24) is 4.90 Å². The first-order valence-electron chi connectivity index (χ1n) is 7.47. The molecule has 0 radical (unpaired) electrons. The molecule has 1 nitrogen and oxygen atoms in total. The molecule has 1 aliphatic carbocycles. The van der Waals surface area contributed by atoms with Gasteiger partial charge >= 0.3 is 0 Å². The molecule has 2 fully saturated rings. The summed E-state index contributed by atoms with van der Waals surface area (Å²) in [6.45, 7) is 2.60. The lowest BCUT2D eigenvalue weighted by atomic mass is 10.1. The van der Waals surface area contributed by atoms with Crippen molar-refractivity contribution >= 4 is 6.08 Å². The molecule has 1 aromatic rings. The van der Waals surface area contributed by atoms with Gasteiger partial charge in [-0.2, -0.15) is 0 Å². The summed E-state index contributed by atoms with van der Waals surface area (Å²) in [5.74, 6) is 0.824. The Labute approximate surface area is 115 Å². The fourth-order valence-electron chi connectivity index (χ4n) is 2.97. The first-order chi connectivity index (χ1) is 9.31. The minimum atomic E-state index is -0.163. The highest BCUT2D eigenvalue weighted by molar-refractivity contribution is 5.48. The number of rotatable bonds is 5. The van der Waals surface area contributed by atoms with Crippen LogP contribution in [0.2, 0.25) is 0 Å². The van der Waals surface area contributed by atoms with E-state index in [4.69, 9.17) is 0 Å². The molecule has 1 saturated carbocycles. The number of hydrogen-bond acceptors (Lipinski definition) is 1. The largest absolute Gasteiger partial charge is 0.300 e. The Morgan fingerprint density at radius 3 is 2.68 bits per heavy atom. The molecule has 1 heterocycles. The molecule has 3 rings (SSSR count). The van der Waals surface area contributed by atoms with Gasteiger partial charge in [-0.3, -0.25) is 4.90 Å². The predicted octanol–water partition coefficient (Wildman–Crippen LogP) is 4.10. The quantitative estimate of drug-likeness (QED) is 0.769. The predicted molar refractivity (Wildman–Crippen MR) is 77.4 cm³/mol. The van der Waals surface area contributed by atoms with Crippen molar-refractivity contribution in [3.63, 3.8) is 0 Å². The zero-order chi connectivity index (χ0) is 13.1. The van der Waals surface area contributed by atoms with Gasteiger partial charge in [-0.1, -0.05) is 24.3 Å². The molecule has 0 spiro atoms. The molecule has 102 valence electrons. The van der Waals surface area contributed by atoms with Crippen LogP contribution in [-0.4, -0.2) is 24.0 Å². The molecule has 0 N–H and O–H groups in total. The molecule has 1 aromatic carbocycles. The average molecular weight is 259 g/mol. The first-order valence-corrected chi connectivity index (χ1v) is 7.47. The third-order valence-corrected chi connectivity index (χ3v) is 4.28. The van der Waals surface area contributed by atoms with Gasteiger partial charge in [-0.05, 0) is 62.3 Å². The van der Waals surface area contributed by atoms with Crippen LogP contribution < -0.4 is 0 Å². The van der Waals surface area contributed by atoms with Gasteiger partial charge < -0.3 is 0 Å². The zero-order valence-corrected chi connectivity index (χ0v) is 11.4. The fraction of sp³-hybridized carbons (Fsp3) is 0.529. The van der Waals surface area contributed by atoms with Gasteiger partial charge in [0.05, 0.1) is 0 Å². The molecule has 2 heteroatoms. The monoisotopic (exact) mass is 259 g/mol. The minimum Gasteiger partial charge on any atom is -0.300 e. The number of nitrogens with zero attached hydrogens (tertiary/aromatic N) is 1. The maximum absolute atomic E-state index is 12.8. The van der Waals surface area contributed by atoms with Gasteiger partial charge in [0.2, 0.25) is 0 Å². The van der Waals surface area contributed by atoms with Gasteiger partial charge in [-0.15, -0.1) is 0 Å². The summed E-state index contributed by atoms with van der Waals surface area (Å²) in [4.78, 5) is 2.67. The lowest BCUT2D eigenvalue weighted by molar-refractivity contribution is 0.245. The van der Waals surface area contributed by atoms with Crippen LogP contribution in [0.15, 0.2) is 30.3 Å². The molecule has 0 aromatic heterocycles. The number of halogens is 1. The van der Waals surface area contributed by atoms with E-state index in [0.29, 0.717) is 0 Å². The lowest BCUT2D eigenvalue weighted by Gasteiger charge is -2.23. The van der Waals surface area contributed by atoms with Gasteiger partial charge in [-0.25, -0.2) is 4.39 Å². The SMILES string of the molecule is Fc1ccc(C=CCC2CCCN2CC2CC2)cc1. The van der Waals surface area contributed by atoms with E-state index >= 15 is 0 Å². The highest BCUT2D eigenvalue weighted by atomic mass is 19.1. The summed E-state index contributed by atoms with van der Waals surface area (Å²) < 4.78 is 12.8. The highest BCUT2D eigenvalue weighted by Gasteiger charge is 2.30. The summed E-state index contributed by atoms with van der Waals surface area (Å²) in [7, 11) is 0. The molecule has 1 unspecified atom stereocenters. The van der Waals surface area contributed by atoms with Crippen molar-refractivity contribution < 1.29 is 4.39 Å². The van der Waals surface area contributed by atoms with Crippen LogP contribution in [0.25, 0.3) is 6.08 Å². The van der Waals surface area contributed by atoms with Crippen LogP contribution in [0.3, 0.4) is 0 Å². The third kappa shape index (κ3) is 3.66. The van der Waals surface area contributed by atoms with E-state index in [1.54, 1.807) is 0 Å². The molecule has 1 aliphatic heterocycles. The van der Waals surface area contributed by atoms with Crippen LogP contribution in [0, 0.1) is 11.7 Å². The molecule has 1 atom stereocenters. The molecule has 0 bridgehead atoms. The van der Waals surface area contributed by atoms with Crippen LogP contribution in [0.4, 0.5) is 4.39 Å². The number of likely N-dealkylation sites (tertiary alicyclic amines) is 1. The van der Waals surface area contributed by atoms with Crippen molar-refractivity contribution in [2.24, 2.45) is 5.92 Å². The van der Waals surface area contributed by atoms with Crippen molar-refractivity contribution in [3.05, 3.63) is 41.7 Å². The van der Waals surface area contributed by atoms with Crippen LogP contribution in [-0.2, 0) is 0 Å². The van der Waals surface area contributed by atoms with Crippen molar-refractivity contribution in [2.75, 3.05) is 13.1 Å². The second-order valence-corrected chi connectivity index (χ2v) is 5.92. The summed E-state index contributed by atoms with van der Waals surface area (Å²) in [6, 6.07) is 7.45. The normalized spacial score (nSPS) is 24.4. The number of benzene rings is 1. The highest BCUT2D eigenvalue weighted by Crippen LogP contribution is 2.33. The molecule has 1 saturated heterocycles. The van der Waals surface area contributed by atoms with Crippen molar-refractivity contribution in [2.45, 2.75) is 38.1 Å². The Morgan fingerprint density at radius 1 is 1.16 bits per heavy atom. The Bertz CT molecular complexity index is 433. The van der Waals surface area contributed by atoms with Crippen LogP contribution >= 0.6 is 0 Å². The maximum atomic E-state index is 12.8. The second-order valence-electron chi connectivity index (χ2n) is 5.92. The van der Waals surface area contributed by atoms with Gasteiger partial charge in [0.25, 0.3) is 0 Å².